The molecular weight excluding hydrogens is 558 g/mol. The van der Waals surface area contributed by atoms with Gasteiger partial charge in [-0.3, -0.25) is 9.59 Å². The zero-order valence-electron chi connectivity index (χ0n) is 24.2. The van der Waals surface area contributed by atoms with Crippen molar-refractivity contribution in [1.29, 1.82) is 0 Å². The predicted molar refractivity (Wildman–Crippen MR) is 166 cm³/mol. The maximum absolute atomic E-state index is 14.1. The third kappa shape index (κ3) is 5.12. The molecule has 3 heterocycles. The predicted octanol–water partition coefficient (Wildman–Crippen LogP) is 4.56. The van der Waals surface area contributed by atoms with Crippen LogP contribution in [-0.2, 0) is 16.1 Å². The van der Waals surface area contributed by atoms with Crippen LogP contribution in [0.1, 0.15) is 18.4 Å². The van der Waals surface area contributed by atoms with Crippen molar-refractivity contribution in [1.82, 2.24) is 15.1 Å². The van der Waals surface area contributed by atoms with E-state index in [1.165, 1.54) is 0 Å². The highest BCUT2D eigenvalue weighted by Crippen LogP contribution is 2.40. The molecule has 0 radical (unpaired) electrons. The lowest BCUT2D eigenvalue weighted by atomic mass is 9.85. The van der Waals surface area contributed by atoms with Gasteiger partial charge in [-0.25, -0.2) is 4.79 Å². The highest BCUT2D eigenvalue weighted by Gasteiger charge is 2.54. The second-order valence-corrected chi connectivity index (χ2v) is 11.3. The summed E-state index contributed by atoms with van der Waals surface area (Å²) in [5.41, 5.74) is 1.72. The van der Waals surface area contributed by atoms with Gasteiger partial charge >= 0.3 is 6.03 Å². The Labute approximate surface area is 255 Å². The first-order valence-electron chi connectivity index (χ1n) is 14.8. The van der Waals surface area contributed by atoms with Crippen LogP contribution in [-0.4, -0.2) is 66.3 Å². The molecule has 4 amide bonds. The number of carbonyl (C=O) groups is 3. The molecule has 3 aliphatic heterocycles. The number of benzene rings is 4. The Hall–Kier alpha value is -5.25. The van der Waals surface area contributed by atoms with Crippen LogP contribution in [0, 0.1) is 0 Å². The van der Waals surface area contributed by atoms with Crippen LogP contribution in [0.15, 0.2) is 91.0 Å². The van der Waals surface area contributed by atoms with E-state index in [-0.39, 0.29) is 31.2 Å². The van der Waals surface area contributed by atoms with Gasteiger partial charge in [-0.2, -0.15) is 0 Å². The van der Waals surface area contributed by atoms with E-state index in [1.54, 1.807) is 9.80 Å². The number of piperidine rings is 1. The van der Waals surface area contributed by atoms with E-state index in [2.05, 4.69) is 15.5 Å². The Morgan fingerprint density at radius 2 is 1.59 bits per heavy atom. The molecule has 0 bridgehead atoms. The summed E-state index contributed by atoms with van der Waals surface area (Å²) in [6.07, 6.45) is 0.915. The van der Waals surface area contributed by atoms with Gasteiger partial charge < -0.3 is 34.8 Å². The largest absolute Gasteiger partial charge is 0.454 e. The fraction of sp³-hybridized carbons (Fsp3) is 0.265. The fourth-order valence-corrected chi connectivity index (χ4v) is 6.41. The Balaban J connectivity index is 1.03. The zero-order valence-corrected chi connectivity index (χ0v) is 24.2. The molecule has 4 aromatic rings. The number of urea groups is 1. The van der Waals surface area contributed by atoms with E-state index >= 15 is 0 Å². The second-order valence-electron chi connectivity index (χ2n) is 11.3. The Kier molecular flexibility index (Phi) is 7.17. The molecule has 7 rings (SSSR count). The maximum Gasteiger partial charge on any atom is 0.321 e. The molecule has 0 aromatic heterocycles. The summed E-state index contributed by atoms with van der Waals surface area (Å²) < 4.78 is 10.8. The van der Waals surface area contributed by atoms with Gasteiger partial charge in [-0.05, 0) is 54.1 Å². The number of ether oxygens (including phenoxy) is 2. The molecule has 10 heteroatoms. The van der Waals surface area contributed by atoms with E-state index in [9.17, 15) is 14.4 Å². The number of nitrogens with zero attached hydrogens (tertiary/aromatic N) is 3. The van der Waals surface area contributed by atoms with Crippen LogP contribution in [0.5, 0.6) is 11.5 Å². The average Bonchev–Trinajstić information content (AvgIpc) is 3.63. The number of likely N-dealkylation sites (tertiary alicyclic amines) is 1. The summed E-state index contributed by atoms with van der Waals surface area (Å²) in [6.45, 7) is 1.56. The zero-order chi connectivity index (χ0) is 30.1. The van der Waals surface area contributed by atoms with Crippen molar-refractivity contribution in [3.63, 3.8) is 0 Å². The number of hydrogen-bond acceptors (Lipinski definition) is 6. The molecule has 4 aromatic carbocycles. The van der Waals surface area contributed by atoms with E-state index < -0.39 is 5.54 Å². The van der Waals surface area contributed by atoms with Crippen LogP contribution in [0.25, 0.3) is 10.8 Å². The Morgan fingerprint density at radius 1 is 0.841 bits per heavy atom. The number of rotatable bonds is 6. The van der Waals surface area contributed by atoms with Crippen molar-refractivity contribution in [3.05, 3.63) is 96.6 Å². The van der Waals surface area contributed by atoms with Crippen molar-refractivity contribution in [2.45, 2.75) is 24.9 Å². The first kappa shape index (κ1) is 27.6. The number of fused-ring (bicyclic) bond motifs is 2. The van der Waals surface area contributed by atoms with E-state index in [0.29, 0.717) is 50.6 Å². The number of anilines is 2. The molecule has 3 aliphatic rings. The van der Waals surface area contributed by atoms with Crippen molar-refractivity contribution in [2.24, 2.45) is 0 Å². The summed E-state index contributed by atoms with van der Waals surface area (Å²) in [5, 5.41) is 8.04. The smallest absolute Gasteiger partial charge is 0.321 e. The Morgan fingerprint density at radius 3 is 2.43 bits per heavy atom. The fourth-order valence-electron chi connectivity index (χ4n) is 6.41. The van der Waals surface area contributed by atoms with Crippen LogP contribution in [0.2, 0.25) is 0 Å². The molecule has 0 atom stereocenters. The van der Waals surface area contributed by atoms with Crippen LogP contribution >= 0.6 is 0 Å². The lowest BCUT2D eigenvalue weighted by Crippen LogP contribution is -2.58. The molecule has 0 aliphatic carbocycles. The highest BCUT2D eigenvalue weighted by molar-refractivity contribution is 6.02. The Bertz CT molecular complexity index is 1710. The monoisotopic (exact) mass is 591 g/mol. The van der Waals surface area contributed by atoms with Crippen LogP contribution in [0.4, 0.5) is 16.2 Å². The molecule has 2 fully saturated rings. The lowest BCUT2D eigenvalue weighted by Gasteiger charge is -2.43. The van der Waals surface area contributed by atoms with E-state index in [4.69, 9.17) is 9.47 Å². The number of para-hydroxylation sites is 1. The molecule has 0 unspecified atom stereocenters. The van der Waals surface area contributed by atoms with Gasteiger partial charge in [0.05, 0.1) is 12.4 Å². The molecule has 10 nitrogen and oxygen atoms in total. The lowest BCUT2D eigenvalue weighted by molar-refractivity contribution is -0.137. The van der Waals surface area contributed by atoms with Gasteiger partial charge in [0.15, 0.2) is 11.5 Å². The van der Waals surface area contributed by atoms with Crippen molar-refractivity contribution < 1.29 is 23.9 Å². The molecule has 224 valence electrons. The van der Waals surface area contributed by atoms with Gasteiger partial charge in [0.25, 0.3) is 5.91 Å². The van der Waals surface area contributed by atoms with E-state index in [1.807, 2.05) is 91.0 Å². The third-order valence-electron chi connectivity index (χ3n) is 8.75. The third-order valence-corrected chi connectivity index (χ3v) is 8.75. The minimum Gasteiger partial charge on any atom is -0.454 e. The summed E-state index contributed by atoms with van der Waals surface area (Å²) in [6, 6.07) is 28.9. The van der Waals surface area contributed by atoms with Crippen LogP contribution in [0.3, 0.4) is 0 Å². The van der Waals surface area contributed by atoms with Gasteiger partial charge in [0.2, 0.25) is 12.7 Å². The van der Waals surface area contributed by atoms with Crippen LogP contribution < -0.4 is 25.0 Å². The number of nitrogens with one attached hydrogen (secondary N) is 2. The molecular formula is C34H33N5O5. The van der Waals surface area contributed by atoms with Crippen molar-refractivity contribution in [2.75, 3.05) is 43.3 Å². The molecule has 1 spiro atoms. The van der Waals surface area contributed by atoms with Gasteiger partial charge in [-0.1, -0.05) is 60.7 Å². The average molecular weight is 592 g/mol. The normalized spacial score (nSPS) is 16.9. The number of amides is 4. The standard InChI is InChI=1S/C34H33N5O5/c40-31(35-20-24-13-14-29-30(19-24)44-23-43-29)21-38-22-39(26-9-2-1-3-10-26)34(32(38)41)15-17-37(18-16-34)33(42)36-28-12-6-8-25-7-4-5-11-27(25)28/h1-14,19H,15-18,20-23H2,(H,35,40)(H,36,42). The quantitative estimate of drug-likeness (QED) is 0.341. The molecule has 2 saturated heterocycles. The molecule has 2 N–H and O–H groups in total. The minimum atomic E-state index is -0.838. The SMILES string of the molecule is O=C(CN1CN(c2ccccc2)C2(CCN(C(=O)Nc3cccc4ccccc34)CC2)C1=O)NCc1ccc2c(c1)OCO2. The topological polar surface area (TPSA) is 103 Å². The summed E-state index contributed by atoms with van der Waals surface area (Å²) in [7, 11) is 0. The maximum atomic E-state index is 14.1. The van der Waals surface area contributed by atoms with E-state index in [0.717, 1.165) is 27.7 Å². The molecule has 0 saturated carbocycles. The summed E-state index contributed by atoms with van der Waals surface area (Å²) in [4.78, 5) is 45.9. The van der Waals surface area contributed by atoms with Crippen molar-refractivity contribution in [3.8, 4) is 11.5 Å². The number of hydrogen-bond donors (Lipinski definition) is 2. The summed E-state index contributed by atoms with van der Waals surface area (Å²) in [5.74, 6) is 1.01. The first-order valence-corrected chi connectivity index (χ1v) is 14.8. The van der Waals surface area contributed by atoms with Gasteiger partial charge in [0.1, 0.15) is 12.1 Å². The van der Waals surface area contributed by atoms with Crippen molar-refractivity contribution >= 4 is 40.0 Å². The summed E-state index contributed by atoms with van der Waals surface area (Å²) >= 11 is 0. The highest BCUT2D eigenvalue weighted by atomic mass is 16.7. The minimum absolute atomic E-state index is 0.0558. The first-order chi connectivity index (χ1) is 21.5. The number of carbonyl (C=O) groups excluding carboxylic acids is 3. The second kappa shape index (κ2) is 11.4. The van der Waals surface area contributed by atoms with Gasteiger partial charge in [0, 0.05) is 30.7 Å². The molecule has 44 heavy (non-hydrogen) atoms. The van der Waals surface area contributed by atoms with Gasteiger partial charge in [-0.15, -0.1) is 0 Å².